The summed E-state index contributed by atoms with van der Waals surface area (Å²) >= 11 is 0. The SMILES string of the molecule is CCCN(Cc1ccc(C(N)=O)cc1F)C1CNC1. The summed E-state index contributed by atoms with van der Waals surface area (Å²) in [5, 5.41) is 3.23. The number of benzene rings is 1. The van der Waals surface area contributed by atoms with Crippen LogP contribution in [-0.2, 0) is 6.54 Å². The Morgan fingerprint density at radius 1 is 1.53 bits per heavy atom. The minimum absolute atomic E-state index is 0.216. The first-order valence-corrected chi connectivity index (χ1v) is 6.64. The van der Waals surface area contributed by atoms with Gasteiger partial charge in [-0.3, -0.25) is 9.69 Å². The first-order valence-electron chi connectivity index (χ1n) is 6.64. The van der Waals surface area contributed by atoms with Gasteiger partial charge in [-0.2, -0.15) is 0 Å². The molecule has 2 rings (SSSR count). The van der Waals surface area contributed by atoms with E-state index in [4.69, 9.17) is 5.73 Å². The maximum atomic E-state index is 13.9. The van der Waals surface area contributed by atoms with Crippen molar-refractivity contribution in [1.29, 1.82) is 0 Å². The molecule has 0 aliphatic carbocycles. The Kier molecular flexibility index (Phi) is 4.50. The zero-order valence-corrected chi connectivity index (χ0v) is 11.2. The molecular formula is C14H20FN3O. The van der Waals surface area contributed by atoms with Crippen LogP contribution in [0.25, 0.3) is 0 Å². The minimum atomic E-state index is -0.598. The van der Waals surface area contributed by atoms with Crippen LogP contribution < -0.4 is 11.1 Å². The molecule has 1 aliphatic heterocycles. The van der Waals surface area contributed by atoms with Crippen LogP contribution in [0.15, 0.2) is 18.2 Å². The first kappa shape index (κ1) is 14.0. The van der Waals surface area contributed by atoms with E-state index in [0.717, 1.165) is 26.1 Å². The summed E-state index contributed by atoms with van der Waals surface area (Å²) in [6.07, 6.45) is 1.04. The summed E-state index contributed by atoms with van der Waals surface area (Å²) in [7, 11) is 0. The van der Waals surface area contributed by atoms with Crippen LogP contribution in [0.2, 0.25) is 0 Å². The van der Waals surface area contributed by atoms with Gasteiger partial charge >= 0.3 is 0 Å². The van der Waals surface area contributed by atoms with Gasteiger partial charge in [0.25, 0.3) is 0 Å². The van der Waals surface area contributed by atoms with Crippen molar-refractivity contribution >= 4 is 5.91 Å². The third kappa shape index (κ3) is 3.30. The minimum Gasteiger partial charge on any atom is -0.366 e. The summed E-state index contributed by atoms with van der Waals surface area (Å²) in [6, 6.07) is 4.95. The van der Waals surface area contributed by atoms with Crippen LogP contribution in [0.5, 0.6) is 0 Å². The third-order valence-electron chi connectivity index (χ3n) is 3.50. The van der Waals surface area contributed by atoms with Gasteiger partial charge in [-0.05, 0) is 25.1 Å². The van der Waals surface area contributed by atoms with E-state index < -0.39 is 5.91 Å². The van der Waals surface area contributed by atoms with Crippen molar-refractivity contribution in [2.75, 3.05) is 19.6 Å². The summed E-state index contributed by atoms with van der Waals surface area (Å²) in [5.74, 6) is -0.955. The number of hydrogen-bond donors (Lipinski definition) is 2. The normalized spacial score (nSPS) is 15.5. The predicted octanol–water partition coefficient (Wildman–Crippen LogP) is 1.11. The molecule has 1 amide bonds. The molecule has 4 nitrogen and oxygen atoms in total. The van der Waals surface area contributed by atoms with Crippen molar-refractivity contribution in [2.45, 2.75) is 25.9 Å². The maximum absolute atomic E-state index is 13.9. The molecule has 0 aromatic heterocycles. The highest BCUT2D eigenvalue weighted by molar-refractivity contribution is 5.92. The van der Waals surface area contributed by atoms with Crippen LogP contribution in [0.3, 0.4) is 0 Å². The first-order chi connectivity index (χ1) is 9.11. The van der Waals surface area contributed by atoms with Crippen molar-refractivity contribution in [3.05, 3.63) is 35.1 Å². The molecule has 1 saturated heterocycles. The molecule has 5 heteroatoms. The number of primary amides is 1. The molecule has 1 aromatic carbocycles. The highest BCUT2D eigenvalue weighted by Crippen LogP contribution is 2.16. The zero-order valence-electron chi connectivity index (χ0n) is 11.2. The van der Waals surface area contributed by atoms with Gasteiger partial charge in [0.15, 0.2) is 0 Å². The van der Waals surface area contributed by atoms with E-state index in [2.05, 4.69) is 17.1 Å². The fourth-order valence-electron chi connectivity index (χ4n) is 2.26. The van der Waals surface area contributed by atoms with Gasteiger partial charge in [-0.1, -0.05) is 13.0 Å². The second kappa shape index (κ2) is 6.12. The Labute approximate surface area is 112 Å². The van der Waals surface area contributed by atoms with Crippen molar-refractivity contribution in [3.8, 4) is 0 Å². The summed E-state index contributed by atoms with van der Waals surface area (Å²) in [4.78, 5) is 13.3. The van der Waals surface area contributed by atoms with E-state index in [-0.39, 0.29) is 11.4 Å². The topological polar surface area (TPSA) is 58.4 Å². The largest absolute Gasteiger partial charge is 0.366 e. The number of nitrogens with two attached hydrogens (primary N) is 1. The molecule has 1 heterocycles. The van der Waals surface area contributed by atoms with E-state index in [1.807, 2.05) is 0 Å². The number of rotatable bonds is 6. The molecule has 0 unspecified atom stereocenters. The van der Waals surface area contributed by atoms with Crippen LogP contribution >= 0.6 is 0 Å². The van der Waals surface area contributed by atoms with E-state index in [0.29, 0.717) is 18.2 Å². The highest BCUT2D eigenvalue weighted by Gasteiger charge is 2.24. The average Bonchev–Trinajstić information content (AvgIpc) is 2.29. The van der Waals surface area contributed by atoms with Gasteiger partial charge in [0, 0.05) is 36.8 Å². The second-order valence-corrected chi connectivity index (χ2v) is 4.95. The molecule has 0 atom stereocenters. The number of carbonyl (C=O) groups is 1. The Hall–Kier alpha value is -1.46. The molecule has 1 aromatic rings. The molecule has 0 radical (unpaired) electrons. The summed E-state index contributed by atoms with van der Waals surface area (Å²) in [5.41, 5.74) is 5.97. The second-order valence-electron chi connectivity index (χ2n) is 4.95. The van der Waals surface area contributed by atoms with Crippen molar-refractivity contribution in [1.82, 2.24) is 10.2 Å². The molecule has 0 spiro atoms. The predicted molar refractivity (Wildman–Crippen MR) is 72.3 cm³/mol. The maximum Gasteiger partial charge on any atom is 0.248 e. The lowest BCUT2D eigenvalue weighted by molar-refractivity contribution is 0.0999. The molecule has 104 valence electrons. The molecule has 1 fully saturated rings. The number of nitrogens with zero attached hydrogens (tertiary/aromatic N) is 1. The molecule has 1 aliphatic rings. The number of carbonyl (C=O) groups excluding carboxylic acids is 1. The van der Waals surface area contributed by atoms with E-state index >= 15 is 0 Å². The summed E-state index contributed by atoms with van der Waals surface area (Å²) < 4.78 is 13.9. The lowest BCUT2D eigenvalue weighted by Crippen LogP contribution is -2.57. The van der Waals surface area contributed by atoms with Gasteiger partial charge in [0.05, 0.1) is 0 Å². The fourth-order valence-corrected chi connectivity index (χ4v) is 2.26. The van der Waals surface area contributed by atoms with Gasteiger partial charge in [0.1, 0.15) is 5.82 Å². The summed E-state index contributed by atoms with van der Waals surface area (Å²) in [6.45, 7) is 5.56. The van der Waals surface area contributed by atoms with E-state index in [1.165, 1.54) is 6.07 Å². The highest BCUT2D eigenvalue weighted by atomic mass is 19.1. The Balaban J connectivity index is 2.09. The van der Waals surface area contributed by atoms with Gasteiger partial charge in [0.2, 0.25) is 5.91 Å². The molecular weight excluding hydrogens is 245 g/mol. The third-order valence-corrected chi connectivity index (χ3v) is 3.50. The number of nitrogens with one attached hydrogen (secondary N) is 1. The Morgan fingerprint density at radius 2 is 2.26 bits per heavy atom. The number of hydrogen-bond acceptors (Lipinski definition) is 3. The van der Waals surface area contributed by atoms with Crippen LogP contribution in [0.1, 0.15) is 29.3 Å². The lowest BCUT2D eigenvalue weighted by Gasteiger charge is -2.38. The molecule has 19 heavy (non-hydrogen) atoms. The Morgan fingerprint density at radius 3 is 2.74 bits per heavy atom. The zero-order chi connectivity index (χ0) is 13.8. The van der Waals surface area contributed by atoms with E-state index in [9.17, 15) is 9.18 Å². The van der Waals surface area contributed by atoms with Crippen molar-refractivity contribution < 1.29 is 9.18 Å². The van der Waals surface area contributed by atoms with Crippen molar-refractivity contribution in [3.63, 3.8) is 0 Å². The Bertz CT molecular complexity index is 460. The molecule has 0 saturated carbocycles. The number of halogens is 1. The standard InChI is InChI=1S/C14H20FN3O/c1-2-5-18(12-7-17-8-12)9-11-4-3-10(14(16)19)6-13(11)15/h3-4,6,12,17H,2,5,7-9H2,1H3,(H2,16,19). The van der Waals surface area contributed by atoms with Crippen LogP contribution in [-0.4, -0.2) is 36.5 Å². The molecule has 3 N–H and O–H groups in total. The van der Waals surface area contributed by atoms with Crippen LogP contribution in [0, 0.1) is 5.82 Å². The quantitative estimate of drug-likeness (QED) is 0.810. The molecule has 0 bridgehead atoms. The smallest absolute Gasteiger partial charge is 0.248 e. The van der Waals surface area contributed by atoms with Crippen molar-refractivity contribution in [2.24, 2.45) is 5.73 Å². The van der Waals surface area contributed by atoms with Gasteiger partial charge in [-0.25, -0.2) is 4.39 Å². The number of amides is 1. The van der Waals surface area contributed by atoms with Gasteiger partial charge in [-0.15, -0.1) is 0 Å². The average molecular weight is 265 g/mol. The monoisotopic (exact) mass is 265 g/mol. The van der Waals surface area contributed by atoms with E-state index in [1.54, 1.807) is 12.1 Å². The lowest BCUT2D eigenvalue weighted by atomic mass is 10.1. The fraction of sp³-hybridized carbons (Fsp3) is 0.500. The van der Waals surface area contributed by atoms with Gasteiger partial charge < -0.3 is 11.1 Å². The van der Waals surface area contributed by atoms with Crippen LogP contribution in [0.4, 0.5) is 4.39 Å².